The van der Waals surface area contributed by atoms with Crippen LogP contribution in [0.15, 0.2) is 36.5 Å². The van der Waals surface area contributed by atoms with Crippen LogP contribution in [0.1, 0.15) is 63.6 Å². The Kier molecular flexibility index (Phi) is 8.61. The number of amides is 2. The van der Waals surface area contributed by atoms with Crippen LogP contribution in [-0.2, 0) is 9.59 Å². The molecule has 2 unspecified atom stereocenters. The zero-order chi connectivity index (χ0) is 24.8. The fourth-order valence-electron chi connectivity index (χ4n) is 4.36. The van der Waals surface area contributed by atoms with E-state index in [1.54, 1.807) is 18.3 Å². The molecule has 2 amide bonds. The van der Waals surface area contributed by atoms with Gasteiger partial charge in [-0.25, -0.2) is 9.37 Å². The van der Waals surface area contributed by atoms with Gasteiger partial charge in [0, 0.05) is 32.6 Å². The van der Waals surface area contributed by atoms with E-state index in [-0.39, 0.29) is 17.8 Å². The Hall–Kier alpha value is -3.00. The predicted molar refractivity (Wildman–Crippen MR) is 133 cm³/mol. The number of carbonyl (C=O) groups is 2. The monoisotopic (exact) mass is 469 g/mol. The van der Waals surface area contributed by atoms with E-state index in [1.807, 2.05) is 11.0 Å². The van der Waals surface area contributed by atoms with Gasteiger partial charge in [0.2, 0.25) is 12.3 Å². The van der Waals surface area contributed by atoms with Gasteiger partial charge in [-0.3, -0.25) is 14.5 Å². The van der Waals surface area contributed by atoms with Crippen LogP contribution in [0.5, 0.6) is 0 Å². The summed E-state index contributed by atoms with van der Waals surface area (Å²) in [6, 6.07) is 8.77. The molecule has 184 valence electrons. The Morgan fingerprint density at radius 2 is 1.94 bits per heavy atom. The number of pyridine rings is 1. The third-order valence-corrected chi connectivity index (χ3v) is 6.18. The number of hydrogen-bond donors (Lipinski definition) is 2. The number of piperazine rings is 1. The van der Waals surface area contributed by atoms with Gasteiger partial charge in [-0.15, -0.1) is 0 Å². The van der Waals surface area contributed by atoms with Gasteiger partial charge in [0.15, 0.2) is 0 Å². The highest BCUT2D eigenvalue weighted by molar-refractivity contribution is 5.88. The minimum atomic E-state index is -0.241. The number of aromatic nitrogens is 1. The number of halogens is 1. The minimum Gasteiger partial charge on any atom is -0.383 e. The summed E-state index contributed by atoms with van der Waals surface area (Å²) in [6.07, 6.45) is 4.85. The van der Waals surface area contributed by atoms with Gasteiger partial charge in [-0.1, -0.05) is 26.0 Å². The first-order valence-corrected chi connectivity index (χ1v) is 11.9. The first-order chi connectivity index (χ1) is 16.2. The van der Waals surface area contributed by atoms with Crippen LogP contribution < -0.4 is 11.1 Å². The highest BCUT2D eigenvalue weighted by Crippen LogP contribution is 2.42. The van der Waals surface area contributed by atoms with Crippen molar-refractivity contribution >= 4 is 23.8 Å². The molecule has 4 rings (SSSR count). The van der Waals surface area contributed by atoms with E-state index >= 15 is 0 Å². The number of rotatable bonds is 6. The van der Waals surface area contributed by atoms with Gasteiger partial charge in [-0.2, -0.15) is 0 Å². The first kappa shape index (κ1) is 25.6. The molecule has 0 radical (unpaired) electrons. The number of anilines is 2. The highest BCUT2D eigenvalue weighted by atomic mass is 19.1. The molecular weight excluding hydrogens is 433 g/mol. The number of nitrogen functional groups attached to an aromatic ring is 1. The van der Waals surface area contributed by atoms with E-state index in [4.69, 9.17) is 5.73 Å². The summed E-state index contributed by atoms with van der Waals surface area (Å²) >= 11 is 0. The number of nitrogens with zero attached hydrogens (tertiary/aromatic N) is 3. The third-order valence-electron chi connectivity index (χ3n) is 6.18. The molecule has 2 atom stereocenters. The molecular formula is C26H36FN5O2. The SMILES string of the molecule is CC(=O)Nc1cnc(N)c(C2CC2)c1.CC(C)CN1CC(c2ccc(F)cc2)N(C=O)CC1C. The molecule has 1 aromatic carbocycles. The van der Waals surface area contributed by atoms with Crippen LogP contribution in [0.25, 0.3) is 0 Å². The smallest absolute Gasteiger partial charge is 0.221 e. The Labute approximate surface area is 201 Å². The minimum absolute atomic E-state index is 0.0167. The van der Waals surface area contributed by atoms with Crippen molar-refractivity contribution in [2.45, 2.75) is 58.5 Å². The summed E-state index contributed by atoms with van der Waals surface area (Å²) in [5, 5.41) is 2.70. The van der Waals surface area contributed by atoms with Gasteiger partial charge in [0.1, 0.15) is 11.6 Å². The van der Waals surface area contributed by atoms with Crippen molar-refractivity contribution in [2.24, 2.45) is 5.92 Å². The average Bonchev–Trinajstić information content (AvgIpc) is 3.62. The molecule has 1 saturated carbocycles. The second-order valence-electron chi connectivity index (χ2n) is 9.72. The lowest BCUT2D eigenvalue weighted by molar-refractivity contribution is -0.124. The molecule has 3 N–H and O–H groups in total. The largest absolute Gasteiger partial charge is 0.383 e. The third kappa shape index (κ3) is 7.00. The zero-order valence-corrected chi connectivity index (χ0v) is 20.5. The maximum absolute atomic E-state index is 13.1. The van der Waals surface area contributed by atoms with E-state index in [2.05, 4.69) is 36.0 Å². The van der Waals surface area contributed by atoms with Crippen LogP contribution in [0.4, 0.5) is 15.9 Å². The lowest BCUT2D eigenvalue weighted by Gasteiger charge is -2.44. The fourth-order valence-corrected chi connectivity index (χ4v) is 4.36. The number of hydrogen-bond acceptors (Lipinski definition) is 5. The van der Waals surface area contributed by atoms with Crippen molar-refractivity contribution in [1.29, 1.82) is 0 Å². The second-order valence-corrected chi connectivity index (χ2v) is 9.72. The van der Waals surface area contributed by atoms with Crippen molar-refractivity contribution in [1.82, 2.24) is 14.8 Å². The summed E-state index contributed by atoms with van der Waals surface area (Å²) < 4.78 is 13.1. The standard InChI is InChI=1S/C16H23FN2O.C10H13N3O/c1-12(2)8-18-10-16(19(11-20)9-13(18)3)14-4-6-15(17)7-5-14;1-6(14)13-8-4-9(7-2-3-7)10(11)12-5-8/h4-7,11-13,16H,8-10H2,1-3H3;4-5,7H,2-3H2,1H3,(H2,11,12)(H,13,14). The molecule has 1 saturated heterocycles. The van der Waals surface area contributed by atoms with E-state index in [0.717, 1.165) is 42.9 Å². The quantitative estimate of drug-likeness (QED) is 0.619. The van der Waals surface area contributed by atoms with Gasteiger partial charge < -0.3 is 16.0 Å². The van der Waals surface area contributed by atoms with E-state index in [0.29, 0.717) is 23.7 Å². The van der Waals surface area contributed by atoms with Crippen molar-refractivity contribution in [3.8, 4) is 0 Å². The molecule has 34 heavy (non-hydrogen) atoms. The molecule has 2 aromatic rings. The van der Waals surface area contributed by atoms with Gasteiger partial charge in [0.05, 0.1) is 17.9 Å². The molecule has 1 aliphatic heterocycles. The van der Waals surface area contributed by atoms with Crippen LogP contribution in [-0.4, -0.2) is 52.8 Å². The van der Waals surface area contributed by atoms with E-state index in [1.165, 1.54) is 31.9 Å². The summed E-state index contributed by atoms with van der Waals surface area (Å²) in [4.78, 5) is 30.4. The Balaban J connectivity index is 0.000000202. The van der Waals surface area contributed by atoms with Crippen molar-refractivity contribution in [3.63, 3.8) is 0 Å². The number of nitrogens with two attached hydrogens (primary N) is 1. The molecule has 0 bridgehead atoms. The van der Waals surface area contributed by atoms with Crippen LogP contribution in [0.2, 0.25) is 0 Å². The number of carbonyl (C=O) groups excluding carboxylic acids is 2. The zero-order valence-electron chi connectivity index (χ0n) is 20.5. The number of nitrogens with one attached hydrogen (secondary N) is 1. The topological polar surface area (TPSA) is 91.6 Å². The maximum Gasteiger partial charge on any atom is 0.221 e. The molecule has 1 aliphatic carbocycles. The molecule has 0 spiro atoms. The lowest BCUT2D eigenvalue weighted by atomic mass is 9.99. The number of benzene rings is 1. The molecule has 1 aromatic heterocycles. The van der Waals surface area contributed by atoms with Crippen molar-refractivity contribution < 1.29 is 14.0 Å². The second kappa shape index (κ2) is 11.4. The Morgan fingerprint density at radius 1 is 1.26 bits per heavy atom. The lowest BCUT2D eigenvalue weighted by Crippen LogP contribution is -2.53. The van der Waals surface area contributed by atoms with Gasteiger partial charge >= 0.3 is 0 Å². The van der Waals surface area contributed by atoms with Crippen LogP contribution >= 0.6 is 0 Å². The van der Waals surface area contributed by atoms with Gasteiger partial charge in [0.25, 0.3) is 0 Å². The van der Waals surface area contributed by atoms with E-state index in [9.17, 15) is 14.0 Å². The van der Waals surface area contributed by atoms with Crippen LogP contribution in [0, 0.1) is 11.7 Å². The molecule has 7 nitrogen and oxygen atoms in total. The summed E-state index contributed by atoms with van der Waals surface area (Å²) in [6.45, 7) is 10.6. The maximum atomic E-state index is 13.1. The molecule has 2 fully saturated rings. The molecule has 2 aliphatic rings. The molecule has 8 heteroatoms. The van der Waals surface area contributed by atoms with Crippen molar-refractivity contribution in [3.05, 3.63) is 53.5 Å². The first-order valence-electron chi connectivity index (χ1n) is 11.9. The van der Waals surface area contributed by atoms with Crippen molar-refractivity contribution in [2.75, 3.05) is 30.7 Å². The summed E-state index contributed by atoms with van der Waals surface area (Å²) in [5.74, 6) is 1.40. The highest BCUT2D eigenvalue weighted by Gasteiger charge is 2.32. The van der Waals surface area contributed by atoms with Crippen LogP contribution in [0.3, 0.4) is 0 Å². The molecule has 2 heterocycles. The summed E-state index contributed by atoms with van der Waals surface area (Å²) in [7, 11) is 0. The normalized spacial score (nSPS) is 20.5. The van der Waals surface area contributed by atoms with E-state index < -0.39 is 0 Å². The Bertz CT molecular complexity index is 978. The predicted octanol–water partition coefficient (Wildman–Crippen LogP) is 4.18. The fraction of sp³-hybridized carbons (Fsp3) is 0.500. The summed E-state index contributed by atoms with van der Waals surface area (Å²) in [5.41, 5.74) is 8.53. The Morgan fingerprint density at radius 3 is 2.50 bits per heavy atom. The average molecular weight is 470 g/mol. The van der Waals surface area contributed by atoms with Gasteiger partial charge in [-0.05, 0) is 60.9 Å².